The predicted molar refractivity (Wildman–Crippen MR) is 60.5 cm³/mol. The molecule has 2 atom stereocenters. The van der Waals surface area contributed by atoms with E-state index in [1.807, 2.05) is 0 Å². The van der Waals surface area contributed by atoms with Crippen LogP contribution in [0.4, 0.5) is 4.39 Å². The molecule has 0 heterocycles. The van der Waals surface area contributed by atoms with E-state index in [2.05, 4.69) is 0 Å². The molecule has 6 heteroatoms. The second-order valence-electron chi connectivity index (χ2n) is 3.27. The maximum Gasteiger partial charge on any atom is 0.169 e. The number of benzene rings is 1. The van der Waals surface area contributed by atoms with Crippen LogP contribution in [0.3, 0.4) is 0 Å². The van der Waals surface area contributed by atoms with E-state index in [1.54, 1.807) is 0 Å². The third-order valence-corrected chi connectivity index (χ3v) is 5.02. The molecule has 1 aromatic rings. The molecule has 0 aromatic heterocycles. The van der Waals surface area contributed by atoms with Gasteiger partial charge in [0.15, 0.2) is 14.5 Å². The summed E-state index contributed by atoms with van der Waals surface area (Å²) in [5.74, 6) is -0.876. The van der Waals surface area contributed by atoms with Crippen LogP contribution in [0, 0.1) is 5.82 Å². The lowest BCUT2D eigenvalue weighted by molar-refractivity contribution is 0.186. The van der Waals surface area contributed by atoms with Gasteiger partial charge in [0.05, 0.1) is 0 Å². The van der Waals surface area contributed by atoms with E-state index >= 15 is 0 Å². The lowest BCUT2D eigenvalue weighted by atomic mass is 10.1. The molecule has 0 fully saturated rings. The molecular weight excluding hydrogens is 255 g/mol. The van der Waals surface area contributed by atoms with E-state index in [0.29, 0.717) is 0 Å². The average molecular weight is 267 g/mol. The minimum atomic E-state index is -3.61. The average Bonchev–Trinajstić information content (AvgIpc) is 2.27. The monoisotopic (exact) mass is 266 g/mol. The molecule has 0 saturated carbocycles. The third kappa shape index (κ3) is 2.72. The summed E-state index contributed by atoms with van der Waals surface area (Å²) in [6.45, 7) is 1.42. The van der Waals surface area contributed by atoms with Gasteiger partial charge >= 0.3 is 0 Å². The predicted octanol–water partition coefficient (Wildman–Crippen LogP) is 1.86. The number of hydrogen-bond donors (Lipinski definition) is 1. The van der Waals surface area contributed by atoms with Crippen molar-refractivity contribution in [3.8, 4) is 0 Å². The van der Waals surface area contributed by atoms with Gasteiger partial charge in [-0.15, -0.1) is 11.6 Å². The first kappa shape index (κ1) is 13.4. The van der Waals surface area contributed by atoms with Gasteiger partial charge < -0.3 is 5.11 Å². The number of hydrogen-bond acceptors (Lipinski definition) is 3. The van der Waals surface area contributed by atoms with Crippen molar-refractivity contribution in [2.24, 2.45) is 0 Å². The summed E-state index contributed by atoms with van der Waals surface area (Å²) >= 11 is 5.62. The Hall–Kier alpha value is -0.650. The normalized spacial score (nSPS) is 15.8. The highest BCUT2D eigenvalue weighted by atomic mass is 35.5. The Kier molecular flexibility index (Phi) is 4.29. The minimum absolute atomic E-state index is 0.112. The molecule has 0 amide bonds. The molecule has 16 heavy (non-hydrogen) atoms. The lowest BCUT2D eigenvalue weighted by Crippen LogP contribution is -2.25. The summed E-state index contributed by atoms with van der Waals surface area (Å²) < 4.78 is 34.6. The van der Waals surface area contributed by atoms with Gasteiger partial charge in [-0.25, -0.2) is 12.8 Å². The van der Waals surface area contributed by atoms with Gasteiger partial charge in [-0.2, -0.15) is 0 Å². The van der Waals surface area contributed by atoms with Gasteiger partial charge in [0, 0.05) is 11.3 Å². The second kappa shape index (κ2) is 5.12. The van der Waals surface area contributed by atoms with E-state index in [0.717, 1.165) is 6.07 Å². The fraction of sp³-hybridized carbons (Fsp3) is 0.400. The molecule has 0 aliphatic heterocycles. The van der Waals surface area contributed by atoms with Crippen molar-refractivity contribution < 1.29 is 17.9 Å². The molecule has 1 N–H and O–H groups in total. The van der Waals surface area contributed by atoms with E-state index < -0.39 is 26.5 Å². The third-order valence-electron chi connectivity index (χ3n) is 2.22. The van der Waals surface area contributed by atoms with Crippen LogP contribution in [0.25, 0.3) is 0 Å². The Bertz CT molecular complexity index is 461. The maximum absolute atomic E-state index is 13.3. The molecule has 90 valence electrons. The summed E-state index contributed by atoms with van der Waals surface area (Å²) in [5.41, 5.74) is -0.112. The van der Waals surface area contributed by atoms with Crippen LogP contribution in [0.15, 0.2) is 24.3 Å². The highest BCUT2D eigenvalue weighted by Gasteiger charge is 2.31. The number of aliphatic hydroxyl groups excluding tert-OH is 1. The number of halogens is 2. The van der Waals surface area contributed by atoms with Gasteiger partial charge in [0.1, 0.15) is 11.9 Å². The molecule has 0 aliphatic carbocycles. The number of sulfone groups is 1. The molecule has 1 aromatic carbocycles. The number of alkyl halides is 1. The second-order valence-corrected chi connectivity index (χ2v) is 6.41. The zero-order valence-electron chi connectivity index (χ0n) is 8.60. The lowest BCUT2D eigenvalue weighted by Gasteiger charge is -2.17. The van der Waals surface area contributed by atoms with Gasteiger partial charge in [-0.1, -0.05) is 25.1 Å². The van der Waals surface area contributed by atoms with Crippen LogP contribution in [-0.4, -0.2) is 24.0 Å². The van der Waals surface area contributed by atoms with Crippen LogP contribution in [0.1, 0.15) is 18.6 Å². The Morgan fingerprint density at radius 1 is 1.44 bits per heavy atom. The van der Waals surface area contributed by atoms with Gasteiger partial charge in [-0.3, -0.25) is 0 Å². The van der Waals surface area contributed by atoms with Crippen molar-refractivity contribution >= 4 is 21.4 Å². The molecule has 3 nitrogen and oxygen atoms in total. The Labute approximate surface area is 98.8 Å². The molecular formula is C10H12ClFO3S. The first-order valence-electron chi connectivity index (χ1n) is 4.68. The summed E-state index contributed by atoms with van der Waals surface area (Å²) in [7, 11) is -3.61. The van der Waals surface area contributed by atoms with Crippen molar-refractivity contribution in [3.05, 3.63) is 35.6 Å². The van der Waals surface area contributed by atoms with Gasteiger partial charge in [0.25, 0.3) is 0 Å². The number of rotatable bonds is 4. The highest BCUT2D eigenvalue weighted by molar-refractivity contribution is 7.93. The van der Waals surface area contributed by atoms with E-state index in [4.69, 9.17) is 11.6 Å². The first-order chi connectivity index (χ1) is 7.40. The van der Waals surface area contributed by atoms with Crippen molar-refractivity contribution in [2.75, 3.05) is 5.75 Å². The fourth-order valence-electron chi connectivity index (χ4n) is 1.21. The molecule has 0 aliphatic rings. The zero-order valence-corrected chi connectivity index (χ0v) is 10.2. The fourth-order valence-corrected chi connectivity index (χ4v) is 2.58. The highest BCUT2D eigenvalue weighted by Crippen LogP contribution is 2.27. The summed E-state index contributed by atoms with van der Waals surface area (Å²) in [6.07, 6.45) is -1.56. The van der Waals surface area contributed by atoms with Crippen LogP contribution < -0.4 is 0 Å². The largest absolute Gasteiger partial charge is 0.386 e. The minimum Gasteiger partial charge on any atom is -0.386 e. The summed E-state index contributed by atoms with van der Waals surface area (Å²) in [6, 6.07) is 5.40. The molecule has 0 spiro atoms. The standard InChI is InChI=1S/C10H12ClFO3S/c1-2-16(14,15)10(11)9(13)7-5-3-4-6-8(7)12/h3-6,9-10,13H,2H2,1H3. The maximum atomic E-state index is 13.3. The van der Waals surface area contributed by atoms with Crippen LogP contribution in [0.2, 0.25) is 0 Å². The van der Waals surface area contributed by atoms with Crippen molar-refractivity contribution in [1.29, 1.82) is 0 Å². The van der Waals surface area contributed by atoms with E-state index in [-0.39, 0.29) is 11.3 Å². The van der Waals surface area contributed by atoms with Crippen molar-refractivity contribution in [2.45, 2.75) is 17.7 Å². The molecule has 0 saturated heterocycles. The number of aliphatic hydroxyl groups is 1. The smallest absolute Gasteiger partial charge is 0.169 e. The SMILES string of the molecule is CCS(=O)(=O)C(Cl)C(O)c1ccccc1F. The van der Waals surface area contributed by atoms with Crippen LogP contribution in [-0.2, 0) is 9.84 Å². The zero-order chi connectivity index (χ0) is 12.3. The van der Waals surface area contributed by atoms with Crippen LogP contribution >= 0.6 is 11.6 Å². The topological polar surface area (TPSA) is 54.4 Å². The van der Waals surface area contributed by atoms with Crippen molar-refractivity contribution in [1.82, 2.24) is 0 Å². The van der Waals surface area contributed by atoms with E-state index in [1.165, 1.54) is 25.1 Å². The molecule has 0 radical (unpaired) electrons. The quantitative estimate of drug-likeness (QED) is 0.847. The summed E-state index contributed by atoms with van der Waals surface area (Å²) in [5, 5.41) is 9.69. The summed E-state index contributed by atoms with van der Waals surface area (Å²) in [4.78, 5) is 0. The molecule has 1 rings (SSSR count). The van der Waals surface area contributed by atoms with Gasteiger partial charge in [-0.05, 0) is 6.07 Å². The first-order valence-corrected chi connectivity index (χ1v) is 6.83. The molecule has 0 bridgehead atoms. The Morgan fingerprint density at radius 2 is 2.00 bits per heavy atom. The van der Waals surface area contributed by atoms with Crippen LogP contribution in [0.5, 0.6) is 0 Å². The molecule has 2 unspecified atom stereocenters. The Morgan fingerprint density at radius 3 is 2.50 bits per heavy atom. The Balaban J connectivity index is 3.04. The van der Waals surface area contributed by atoms with E-state index in [9.17, 15) is 17.9 Å². The van der Waals surface area contributed by atoms with Gasteiger partial charge in [0.2, 0.25) is 0 Å². The van der Waals surface area contributed by atoms with Crippen molar-refractivity contribution in [3.63, 3.8) is 0 Å².